The van der Waals surface area contributed by atoms with Gasteiger partial charge in [0.2, 0.25) is 0 Å². The predicted molar refractivity (Wildman–Crippen MR) is 51.4 cm³/mol. The van der Waals surface area contributed by atoms with Gasteiger partial charge in [-0.2, -0.15) is 0 Å². The van der Waals surface area contributed by atoms with Gasteiger partial charge in [0.15, 0.2) is 0 Å². The highest BCUT2D eigenvalue weighted by Crippen LogP contribution is 2.30. The van der Waals surface area contributed by atoms with E-state index in [1.54, 1.807) is 6.92 Å². The molecule has 14 heavy (non-hydrogen) atoms. The molecule has 1 aliphatic heterocycles. The van der Waals surface area contributed by atoms with Crippen molar-refractivity contribution in [3.05, 3.63) is 28.8 Å². The van der Waals surface area contributed by atoms with Crippen molar-refractivity contribution in [3.8, 4) is 5.75 Å². The SMILES string of the molecule is Cc1ccc2c(c1O)C(=O)OC(C)C2. The monoisotopic (exact) mass is 192 g/mol. The molecule has 3 heteroatoms. The third kappa shape index (κ3) is 1.25. The van der Waals surface area contributed by atoms with Gasteiger partial charge >= 0.3 is 5.97 Å². The predicted octanol–water partition coefficient (Wildman–Crippen LogP) is 1.80. The van der Waals surface area contributed by atoms with Gasteiger partial charge in [0.1, 0.15) is 17.4 Å². The molecular weight excluding hydrogens is 180 g/mol. The van der Waals surface area contributed by atoms with Crippen molar-refractivity contribution >= 4 is 5.97 Å². The molecule has 0 fully saturated rings. The number of hydrogen-bond donors (Lipinski definition) is 1. The summed E-state index contributed by atoms with van der Waals surface area (Å²) < 4.78 is 5.05. The second-order valence-electron chi connectivity index (χ2n) is 3.69. The van der Waals surface area contributed by atoms with Crippen LogP contribution in [0.25, 0.3) is 0 Å². The molecule has 0 bridgehead atoms. The number of hydrogen-bond acceptors (Lipinski definition) is 3. The van der Waals surface area contributed by atoms with Crippen LogP contribution in [-0.2, 0) is 11.2 Å². The van der Waals surface area contributed by atoms with Crippen molar-refractivity contribution in [1.29, 1.82) is 0 Å². The van der Waals surface area contributed by atoms with Gasteiger partial charge in [0.05, 0.1) is 0 Å². The van der Waals surface area contributed by atoms with Gasteiger partial charge in [-0.05, 0) is 25.0 Å². The molecule has 0 saturated carbocycles. The van der Waals surface area contributed by atoms with Crippen LogP contribution in [0.1, 0.15) is 28.4 Å². The Bertz CT molecular complexity index is 396. The van der Waals surface area contributed by atoms with Crippen LogP contribution in [-0.4, -0.2) is 17.2 Å². The number of carbonyl (C=O) groups excluding carboxylic acids is 1. The number of carbonyl (C=O) groups is 1. The fraction of sp³-hybridized carbons (Fsp3) is 0.364. The van der Waals surface area contributed by atoms with Crippen LogP contribution >= 0.6 is 0 Å². The van der Waals surface area contributed by atoms with Crippen LogP contribution in [0.4, 0.5) is 0 Å². The lowest BCUT2D eigenvalue weighted by Crippen LogP contribution is -2.25. The van der Waals surface area contributed by atoms with Gasteiger partial charge in [0.25, 0.3) is 0 Å². The molecule has 0 saturated heterocycles. The van der Waals surface area contributed by atoms with Gasteiger partial charge in [-0.1, -0.05) is 12.1 Å². The zero-order chi connectivity index (χ0) is 10.3. The molecule has 1 N–H and O–H groups in total. The quantitative estimate of drug-likeness (QED) is 0.637. The molecule has 1 aromatic rings. The zero-order valence-electron chi connectivity index (χ0n) is 8.20. The fourth-order valence-corrected chi connectivity index (χ4v) is 1.73. The summed E-state index contributed by atoms with van der Waals surface area (Å²) in [5.74, 6) is -0.362. The number of fused-ring (bicyclic) bond motifs is 1. The lowest BCUT2D eigenvalue weighted by atomic mass is 9.96. The Hall–Kier alpha value is -1.51. The maximum absolute atomic E-state index is 11.5. The van der Waals surface area contributed by atoms with Crippen LogP contribution in [0.2, 0.25) is 0 Å². The third-order valence-electron chi connectivity index (χ3n) is 2.49. The van der Waals surface area contributed by atoms with Crippen LogP contribution in [0.15, 0.2) is 12.1 Å². The van der Waals surface area contributed by atoms with E-state index in [9.17, 15) is 9.90 Å². The molecule has 3 nitrogen and oxygen atoms in total. The number of esters is 1. The third-order valence-corrected chi connectivity index (χ3v) is 2.49. The molecule has 0 aromatic heterocycles. The van der Waals surface area contributed by atoms with E-state index in [2.05, 4.69) is 0 Å². The number of phenolic OH excluding ortho intramolecular Hbond substituents is 1. The second kappa shape index (κ2) is 3.01. The van der Waals surface area contributed by atoms with Crippen LogP contribution < -0.4 is 0 Å². The average molecular weight is 192 g/mol. The van der Waals surface area contributed by atoms with Crippen molar-refractivity contribution in [2.45, 2.75) is 26.4 Å². The van der Waals surface area contributed by atoms with E-state index in [-0.39, 0.29) is 11.9 Å². The van der Waals surface area contributed by atoms with Gasteiger partial charge in [-0.3, -0.25) is 0 Å². The Kier molecular flexibility index (Phi) is 1.95. The number of ether oxygens (including phenoxy) is 1. The minimum atomic E-state index is -0.417. The molecule has 0 spiro atoms. The Morgan fingerprint density at radius 2 is 2.21 bits per heavy atom. The molecule has 0 aliphatic carbocycles. The number of benzene rings is 1. The van der Waals surface area contributed by atoms with E-state index in [1.807, 2.05) is 19.1 Å². The van der Waals surface area contributed by atoms with E-state index in [0.717, 1.165) is 5.56 Å². The number of phenols is 1. The maximum atomic E-state index is 11.5. The number of cyclic esters (lactones) is 1. The van der Waals surface area contributed by atoms with Gasteiger partial charge in [-0.25, -0.2) is 4.79 Å². The molecular formula is C11H12O3. The highest BCUT2D eigenvalue weighted by atomic mass is 16.5. The first-order valence-electron chi connectivity index (χ1n) is 4.62. The van der Waals surface area contributed by atoms with Crippen LogP contribution in [0.5, 0.6) is 5.75 Å². The molecule has 1 heterocycles. The Morgan fingerprint density at radius 3 is 2.93 bits per heavy atom. The minimum Gasteiger partial charge on any atom is -0.507 e. The lowest BCUT2D eigenvalue weighted by Gasteiger charge is -2.22. The van der Waals surface area contributed by atoms with E-state index in [0.29, 0.717) is 17.5 Å². The Balaban J connectivity index is 2.60. The molecule has 0 radical (unpaired) electrons. The summed E-state index contributed by atoms with van der Waals surface area (Å²) >= 11 is 0. The molecule has 1 unspecified atom stereocenters. The Morgan fingerprint density at radius 1 is 1.50 bits per heavy atom. The average Bonchev–Trinajstić information content (AvgIpc) is 2.10. The fourth-order valence-electron chi connectivity index (χ4n) is 1.73. The van der Waals surface area contributed by atoms with Crippen molar-refractivity contribution in [2.24, 2.45) is 0 Å². The van der Waals surface area contributed by atoms with Crippen molar-refractivity contribution in [2.75, 3.05) is 0 Å². The second-order valence-corrected chi connectivity index (χ2v) is 3.69. The van der Waals surface area contributed by atoms with E-state index in [4.69, 9.17) is 4.74 Å². The molecule has 74 valence electrons. The zero-order valence-corrected chi connectivity index (χ0v) is 8.20. The van der Waals surface area contributed by atoms with E-state index in [1.165, 1.54) is 0 Å². The smallest absolute Gasteiger partial charge is 0.342 e. The van der Waals surface area contributed by atoms with Crippen molar-refractivity contribution in [3.63, 3.8) is 0 Å². The summed E-state index contributed by atoms with van der Waals surface area (Å²) in [5.41, 5.74) is 1.91. The van der Waals surface area contributed by atoms with E-state index >= 15 is 0 Å². The number of aryl methyl sites for hydroxylation is 1. The molecule has 2 rings (SSSR count). The summed E-state index contributed by atoms with van der Waals surface area (Å²) in [7, 11) is 0. The van der Waals surface area contributed by atoms with Crippen molar-refractivity contribution < 1.29 is 14.6 Å². The summed E-state index contributed by atoms with van der Waals surface area (Å²) in [6, 6.07) is 3.70. The standard InChI is InChI=1S/C11H12O3/c1-6-3-4-8-5-7(2)14-11(13)9(8)10(6)12/h3-4,7,12H,5H2,1-2H3. The highest BCUT2D eigenvalue weighted by molar-refractivity contribution is 5.95. The maximum Gasteiger partial charge on any atom is 0.342 e. The van der Waals surface area contributed by atoms with Crippen molar-refractivity contribution in [1.82, 2.24) is 0 Å². The normalized spacial score (nSPS) is 20.1. The summed E-state index contributed by atoms with van der Waals surface area (Å²) in [4.78, 5) is 11.5. The minimum absolute atomic E-state index is 0.0550. The van der Waals surface area contributed by atoms with Crippen LogP contribution in [0.3, 0.4) is 0 Å². The number of rotatable bonds is 0. The molecule has 1 atom stereocenters. The highest BCUT2D eigenvalue weighted by Gasteiger charge is 2.27. The van der Waals surface area contributed by atoms with E-state index < -0.39 is 5.97 Å². The largest absolute Gasteiger partial charge is 0.507 e. The molecule has 1 aromatic carbocycles. The Labute approximate surface area is 82.3 Å². The molecule has 0 amide bonds. The number of aromatic hydroxyl groups is 1. The van der Waals surface area contributed by atoms with Gasteiger partial charge in [-0.15, -0.1) is 0 Å². The first kappa shape index (κ1) is 9.06. The first-order valence-corrected chi connectivity index (χ1v) is 4.62. The van der Waals surface area contributed by atoms with Gasteiger partial charge in [0, 0.05) is 6.42 Å². The lowest BCUT2D eigenvalue weighted by molar-refractivity contribution is 0.0297. The first-order chi connectivity index (χ1) is 6.59. The summed E-state index contributed by atoms with van der Waals surface area (Å²) in [6.45, 7) is 3.61. The summed E-state index contributed by atoms with van der Waals surface area (Å²) in [5, 5.41) is 9.70. The topological polar surface area (TPSA) is 46.5 Å². The van der Waals surface area contributed by atoms with Gasteiger partial charge < -0.3 is 9.84 Å². The van der Waals surface area contributed by atoms with Crippen LogP contribution in [0, 0.1) is 6.92 Å². The summed E-state index contributed by atoms with van der Waals surface area (Å²) in [6.07, 6.45) is 0.576. The molecule has 1 aliphatic rings.